The Morgan fingerprint density at radius 2 is 2.08 bits per heavy atom. The monoisotopic (exact) mass is 351 g/mol. The summed E-state index contributed by atoms with van der Waals surface area (Å²) >= 11 is 0. The number of hydrogen-bond donors (Lipinski definition) is 1. The number of halogens is 2. The van der Waals surface area contributed by atoms with Gasteiger partial charge >= 0.3 is 5.97 Å². The lowest BCUT2D eigenvalue weighted by Gasteiger charge is -2.28. The summed E-state index contributed by atoms with van der Waals surface area (Å²) in [5.74, 6) is -2.62. The summed E-state index contributed by atoms with van der Waals surface area (Å²) in [7, 11) is 1.26. The highest BCUT2D eigenvalue weighted by Gasteiger charge is 2.35. The van der Waals surface area contributed by atoms with Crippen molar-refractivity contribution in [2.45, 2.75) is 44.6 Å². The molecule has 7 nitrogen and oxygen atoms in total. The van der Waals surface area contributed by atoms with Crippen molar-refractivity contribution in [3.8, 4) is 5.82 Å². The fraction of sp³-hybridized carbons (Fsp3) is 0.500. The Labute approximate surface area is 143 Å². The zero-order valence-corrected chi connectivity index (χ0v) is 14.0. The van der Waals surface area contributed by atoms with Gasteiger partial charge in [-0.3, -0.25) is 0 Å². The molecule has 0 atom stereocenters. The molecule has 2 aromatic heterocycles. The summed E-state index contributed by atoms with van der Waals surface area (Å²) in [6, 6.07) is 3.11. The second kappa shape index (κ2) is 6.73. The predicted molar refractivity (Wildman–Crippen MR) is 86.1 cm³/mol. The van der Waals surface area contributed by atoms with Gasteiger partial charge in [-0.1, -0.05) is 0 Å². The van der Waals surface area contributed by atoms with E-state index in [2.05, 4.69) is 20.4 Å². The Morgan fingerprint density at radius 1 is 1.36 bits per heavy atom. The van der Waals surface area contributed by atoms with Crippen molar-refractivity contribution in [2.24, 2.45) is 0 Å². The maximum Gasteiger partial charge on any atom is 0.356 e. The lowest BCUT2D eigenvalue weighted by molar-refractivity contribution is -0.0361. The standard InChI is InChI=1S/C16H19F2N5O2/c1-10-5-8-23(22-10)13-9-12(14(24)25-2)20-15(21-13)19-11-3-6-16(17,18)7-4-11/h5,8-9,11H,3-4,6-7H2,1-2H3,(H,19,20,21). The summed E-state index contributed by atoms with van der Waals surface area (Å²) in [6.45, 7) is 1.83. The van der Waals surface area contributed by atoms with Crippen LogP contribution in [-0.2, 0) is 4.74 Å². The highest BCUT2D eigenvalue weighted by atomic mass is 19.3. The van der Waals surface area contributed by atoms with Crippen LogP contribution in [0.4, 0.5) is 14.7 Å². The average Bonchev–Trinajstić information content (AvgIpc) is 3.02. The smallest absolute Gasteiger partial charge is 0.356 e. The minimum absolute atomic E-state index is 0.0734. The fourth-order valence-electron chi connectivity index (χ4n) is 2.74. The van der Waals surface area contributed by atoms with Gasteiger partial charge in [-0.25, -0.2) is 23.2 Å². The maximum absolute atomic E-state index is 13.3. The number of rotatable bonds is 4. The van der Waals surface area contributed by atoms with Crippen LogP contribution in [0.15, 0.2) is 18.3 Å². The van der Waals surface area contributed by atoms with Gasteiger partial charge in [0, 0.05) is 31.1 Å². The SMILES string of the molecule is COC(=O)c1cc(-n2ccc(C)n2)nc(NC2CCC(F)(F)CC2)n1. The molecule has 1 aliphatic carbocycles. The van der Waals surface area contributed by atoms with E-state index in [9.17, 15) is 13.6 Å². The third kappa shape index (κ3) is 4.09. The molecular weight excluding hydrogens is 332 g/mol. The molecule has 0 unspecified atom stereocenters. The van der Waals surface area contributed by atoms with Crippen molar-refractivity contribution >= 4 is 11.9 Å². The number of nitrogens with one attached hydrogen (secondary N) is 1. The van der Waals surface area contributed by atoms with Crippen LogP contribution in [-0.4, -0.2) is 44.8 Å². The van der Waals surface area contributed by atoms with E-state index < -0.39 is 11.9 Å². The molecule has 3 rings (SSSR count). The van der Waals surface area contributed by atoms with Gasteiger partial charge in [0.25, 0.3) is 0 Å². The van der Waals surface area contributed by atoms with E-state index in [4.69, 9.17) is 4.74 Å². The quantitative estimate of drug-likeness (QED) is 0.853. The van der Waals surface area contributed by atoms with E-state index in [1.165, 1.54) is 17.9 Å². The molecule has 134 valence electrons. The Hall–Kier alpha value is -2.58. The van der Waals surface area contributed by atoms with Crippen molar-refractivity contribution in [1.29, 1.82) is 0 Å². The van der Waals surface area contributed by atoms with Gasteiger partial charge in [0.1, 0.15) is 0 Å². The van der Waals surface area contributed by atoms with Crippen LogP contribution in [0.1, 0.15) is 41.9 Å². The molecule has 0 saturated heterocycles. The van der Waals surface area contributed by atoms with Gasteiger partial charge in [-0.05, 0) is 25.8 Å². The number of methoxy groups -OCH3 is 1. The number of esters is 1. The number of hydrogen-bond acceptors (Lipinski definition) is 6. The van der Waals surface area contributed by atoms with Crippen molar-refractivity contribution in [1.82, 2.24) is 19.7 Å². The first-order chi connectivity index (χ1) is 11.9. The molecule has 0 radical (unpaired) electrons. The number of anilines is 1. The van der Waals surface area contributed by atoms with Gasteiger partial charge in [0.15, 0.2) is 11.5 Å². The normalized spacial score (nSPS) is 17.3. The Kier molecular flexibility index (Phi) is 4.65. The average molecular weight is 351 g/mol. The predicted octanol–water partition coefficient (Wildman–Crippen LogP) is 2.75. The molecule has 0 aliphatic heterocycles. The third-order valence-electron chi connectivity index (χ3n) is 4.11. The topological polar surface area (TPSA) is 81.9 Å². The van der Waals surface area contributed by atoms with Crippen LogP contribution in [0, 0.1) is 6.92 Å². The number of carbonyl (C=O) groups is 1. The van der Waals surface area contributed by atoms with E-state index in [0.717, 1.165) is 5.69 Å². The van der Waals surface area contributed by atoms with Crippen LogP contribution >= 0.6 is 0 Å². The molecule has 0 aromatic carbocycles. The summed E-state index contributed by atoms with van der Waals surface area (Å²) < 4.78 is 32.8. The van der Waals surface area contributed by atoms with Crippen molar-refractivity contribution in [3.05, 3.63) is 29.7 Å². The van der Waals surface area contributed by atoms with Crippen molar-refractivity contribution in [2.75, 3.05) is 12.4 Å². The molecule has 0 amide bonds. The molecule has 9 heteroatoms. The summed E-state index contributed by atoms with van der Waals surface area (Å²) in [6.07, 6.45) is 1.99. The largest absolute Gasteiger partial charge is 0.464 e. The molecule has 0 spiro atoms. The molecule has 1 fully saturated rings. The molecule has 2 heterocycles. The second-order valence-corrected chi connectivity index (χ2v) is 6.10. The fourth-order valence-corrected chi connectivity index (χ4v) is 2.74. The summed E-state index contributed by atoms with van der Waals surface area (Å²) in [5, 5.41) is 7.31. The second-order valence-electron chi connectivity index (χ2n) is 6.10. The van der Waals surface area contributed by atoms with Gasteiger partial charge in [0.2, 0.25) is 11.9 Å². The maximum atomic E-state index is 13.3. The summed E-state index contributed by atoms with van der Waals surface area (Å²) in [5.41, 5.74) is 0.867. The summed E-state index contributed by atoms with van der Waals surface area (Å²) in [4.78, 5) is 20.4. The number of aryl methyl sites for hydroxylation is 1. The molecule has 1 saturated carbocycles. The Bertz CT molecular complexity index is 768. The van der Waals surface area contributed by atoms with Crippen LogP contribution in [0.2, 0.25) is 0 Å². The molecule has 1 aliphatic rings. The lowest BCUT2D eigenvalue weighted by Crippen LogP contribution is -2.32. The number of carbonyl (C=O) groups excluding carboxylic acids is 1. The highest BCUT2D eigenvalue weighted by molar-refractivity contribution is 5.87. The molecule has 0 bridgehead atoms. The lowest BCUT2D eigenvalue weighted by atomic mass is 9.92. The van der Waals surface area contributed by atoms with Crippen LogP contribution < -0.4 is 5.32 Å². The van der Waals surface area contributed by atoms with Gasteiger partial charge in [0.05, 0.1) is 12.8 Å². The highest BCUT2D eigenvalue weighted by Crippen LogP contribution is 2.34. The molecule has 1 N–H and O–H groups in total. The molecule has 2 aromatic rings. The van der Waals surface area contributed by atoms with Crippen LogP contribution in [0.25, 0.3) is 5.82 Å². The third-order valence-corrected chi connectivity index (χ3v) is 4.11. The zero-order valence-electron chi connectivity index (χ0n) is 14.0. The van der Waals surface area contributed by atoms with Crippen LogP contribution in [0.5, 0.6) is 0 Å². The number of aromatic nitrogens is 4. The van der Waals surface area contributed by atoms with Crippen molar-refractivity contribution in [3.63, 3.8) is 0 Å². The first-order valence-electron chi connectivity index (χ1n) is 8.01. The van der Waals surface area contributed by atoms with Gasteiger partial charge in [-0.2, -0.15) is 10.1 Å². The van der Waals surface area contributed by atoms with Gasteiger partial charge < -0.3 is 10.1 Å². The minimum atomic E-state index is -2.61. The first kappa shape index (κ1) is 17.2. The number of ether oxygens (including phenoxy) is 1. The van der Waals surface area contributed by atoms with Crippen molar-refractivity contribution < 1.29 is 18.3 Å². The van der Waals surface area contributed by atoms with E-state index in [-0.39, 0.29) is 30.5 Å². The zero-order chi connectivity index (χ0) is 18.0. The van der Waals surface area contributed by atoms with E-state index in [1.54, 1.807) is 12.3 Å². The first-order valence-corrected chi connectivity index (χ1v) is 8.01. The Morgan fingerprint density at radius 3 is 2.68 bits per heavy atom. The van der Waals surface area contributed by atoms with Gasteiger partial charge in [-0.15, -0.1) is 0 Å². The van der Waals surface area contributed by atoms with Crippen LogP contribution in [0.3, 0.4) is 0 Å². The number of alkyl halides is 2. The minimum Gasteiger partial charge on any atom is -0.464 e. The number of nitrogens with zero attached hydrogens (tertiary/aromatic N) is 4. The van der Waals surface area contributed by atoms with E-state index in [0.29, 0.717) is 18.7 Å². The Balaban J connectivity index is 1.86. The molecular formula is C16H19F2N5O2. The van der Waals surface area contributed by atoms with E-state index >= 15 is 0 Å². The molecule has 25 heavy (non-hydrogen) atoms. The van der Waals surface area contributed by atoms with E-state index in [1.807, 2.05) is 6.92 Å².